The highest BCUT2D eigenvalue weighted by Gasteiger charge is 2.40. The first kappa shape index (κ1) is 19.8. The number of hydrogen-bond acceptors (Lipinski definition) is 6. The number of ether oxygens (including phenoxy) is 1. The summed E-state index contributed by atoms with van der Waals surface area (Å²) in [6.07, 6.45) is 9.01. The zero-order valence-corrected chi connectivity index (χ0v) is 17.7. The summed E-state index contributed by atoms with van der Waals surface area (Å²) in [5.74, 6) is 3.82. The van der Waals surface area contributed by atoms with E-state index in [1.165, 1.54) is 12.8 Å². The van der Waals surface area contributed by atoms with Gasteiger partial charge >= 0.3 is 0 Å². The normalized spacial score (nSPS) is 22.1. The summed E-state index contributed by atoms with van der Waals surface area (Å²) in [6.45, 7) is 8.34. The number of fused-ring (bicyclic) bond motifs is 1. The second-order valence-electron chi connectivity index (χ2n) is 8.99. The van der Waals surface area contributed by atoms with E-state index in [1.54, 1.807) is 6.08 Å². The molecule has 1 unspecified atom stereocenters. The van der Waals surface area contributed by atoms with Crippen molar-refractivity contribution in [3.8, 4) is 0 Å². The molecule has 0 bridgehead atoms. The second kappa shape index (κ2) is 7.72. The number of amidine groups is 1. The Morgan fingerprint density at radius 3 is 2.86 bits per heavy atom. The molecule has 0 spiro atoms. The van der Waals surface area contributed by atoms with Crippen LogP contribution in [0.5, 0.6) is 0 Å². The minimum Gasteiger partial charge on any atom is -0.491 e. The minimum atomic E-state index is 0.0393. The van der Waals surface area contributed by atoms with Crippen LogP contribution in [0.4, 0.5) is 0 Å². The van der Waals surface area contributed by atoms with E-state index in [0.29, 0.717) is 30.4 Å². The highest BCUT2D eigenvalue weighted by molar-refractivity contribution is 5.90. The van der Waals surface area contributed by atoms with Gasteiger partial charge in [0.1, 0.15) is 23.0 Å². The average molecular weight is 400 g/mol. The van der Waals surface area contributed by atoms with E-state index in [0.717, 1.165) is 43.3 Å². The molecule has 1 aliphatic heterocycles. The van der Waals surface area contributed by atoms with E-state index in [4.69, 9.17) is 15.9 Å². The van der Waals surface area contributed by atoms with Crippen LogP contribution >= 0.6 is 0 Å². The number of nitrogens with zero attached hydrogens (tertiary/aromatic N) is 4. The maximum atomic E-state index is 8.44. The minimum absolute atomic E-state index is 0.0393. The first-order chi connectivity index (χ1) is 13.8. The van der Waals surface area contributed by atoms with Crippen LogP contribution in [0.25, 0.3) is 0 Å². The van der Waals surface area contributed by atoms with Gasteiger partial charge in [-0.1, -0.05) is 0 Å². The van der Waals surface area contributed by atoms with Crippen molar-refractivity contribution in [3.05, 3.63) is 35.4 Å². The number of rotatable bonds is 8. The summed E-state index contributed by atoms with van der Waals surface area (Å²) >= 11 is 0. The molecule has 2 aliphatic carbocycles. The molecule has 0 radical (unpaired) electrons. The lowest BCUT2D eigenvalue weighted by atomic mass is 10.1. The molecule has 0 saturated heterocycles. The van der Waals surface area contributed by atoms with Gasteiger partial charge in [0.2, 0.25) is 0 Å². The fourth-order valence-electron chi connectivity index (χ4n) is 3.57. The van der Waals surface area contributed by atoms with E-state index in [9.17, 15) is 0 Å². The van der Waals surface area contributed by atoms with Crippen molar-refractivity contribution in [1.82, 2.24) is 25.0 Å². The zero-order valence-electron chi connectivity index (χ0n) is 17.7. The van der Waals surface area contributed by atoms with Gasteiger partial charge in [-0.2, -0.15) is 5.10 Å². The Kier molecular flexibility index (Phi) is 5.27. The molecule has 0 amide bonds. The summed E-state index contributed by atoms with van der Waals surface area (Å²) < 4.78 is 7.89. The zero-order chi connectivity index (χ0) is 20.6. The molecule has 29 heavy (non-hydrogen) atoms. The van der Waals surface area contributed by atoms with Crippen molar-refractivity contribution in [3.63, 3.8) is 0 Å². The van der Waals surface area contributed by atoms with E-state index in [-0.39, 0.29) is 11.6 Å². The van der Waals surface area contributed by atoms with Crippen LogP contribution < -0.4 is 11.1 Å². The fourth-order valence-corrected chi connectivity index (χ4v) is 3.57. The third-order valence-electron chi connectivity index (χ3n) is 5.76. The third kappa shape index (κ3) is 5.10. The monoisotopic (exact) mass is 399 g/mol. The van der Waals surface area contributed by atoms with Gasteiger partial charge in [-0.15, -0.1) is 0 Å². The summed E-state index contributed by atoms with van der Waals surface area (Å²) in [7, 11) is 0. The van der Waals surface area contributed by atoms with Crippen LogP contribution in [0.15, 0.2) is 23.7 Å². The van der Waals surface area contributed by atoms with Crippen molar-refractivity contribution >= 4 is 5.84 Å². The molecule has 0 aromatic carbocycles. The Morgan fingerprint density at radius 1 is 1.41 bits per heavy atom. The second-order valence-corrected chi connectivity index (χ2v) is 8.99. The van der Waals surface area contributed by atoms with Crippen molar-refractivity contribution in [2.24, 2.45) is 5.73 Å². The first-order valence-electron chi connectivity index (χ1n) is 10.7. The molecule has 1 aromatic rings. The van der Waals surface area contributed by atoms with Gasteiger partial charge in [-0.3, -0.25) is 5.41 Å². The van der Waals surface area contributed by atoms with Crippen LogP contribution in [-0.4, -0.2) is 43.7 Å². The third-order valence-corrected chi connectivity index (χ3v) is 5.76. The number of allylic oxidation sites excluding steroid dienone is 1. The predicted molar refractivity (Wildman–Crippen MR) is 112 cm³/mol. The molecule has 2 heterocycles. The number of hydrogen-bond donors (Lipinski definition) is 3. The Hall–Kier alpha value is -2.51. The summed E-state index contributed by atoms with van der Waals surface area (Å²) in [6, 6.07) is 0.162. The number of nitrogens with two attached hydrogens (primary N) is 1. The van der Waals surface area contributed by atoms with E-state index in [1.807, 2.05) is 22.7 Å². The average Bonchev–Trinajstić information content (AvgIpc) is 3.59. The lowest BCUT2D eigenvalue weighted by Gasteiger charge is -2.27. The molecule has 1 aromatic heterocycles. The lowest BCUT2D eigenvalue weighted by Crippen LogP contribution is -2.38. The molecule has 158 valence electrons. The number of aromatic nitrogens is 3. The van der Waals surface area contributed by atoms with Gasteiger partial charge in [0.25, 0.3) is 0 Å². The van der Waals surface area contributed by atoms with E-state index in [2.05, 4.69) is 29.2 Å². The molecular formula is C21H33N7O. The maximum Gasteiger partial charge on any atom is 0.154 e. The largest absolute Gasteiger partial charge is 0.491 e. The number of nitrogens with one attached hydrogen (secondary N) is 2. The van der Waals surface area contributed by atoms with Crippen LogP contribution in [-0.2, 0) is 17.8 Å². The Balaban J connectivity index is 1.26. The highest BCUT2D eigenvalue weighted by Crippen LogP contribution is 2.40. The molecule has 4 N–H and O–H groups in total. The van der Waals surface area contributed by atoms with Crippen LogP contribution in [0, 0.1) is 5.41 Å². The molecular weight excluding hydrogens is 366 g/mol. The van der Waals surface area contributed by atoms with Gasteiger partial charge in [0, 0.05) is 36.8 Å². The smallest absolute Gasteiger partial charge is 0.154 e. The maximum absolute atomic E-state index is 8.44. The summed E-state index contributed by atoms with van der Waals surface area (Å²) in [5.41, 5.74) is 6.95. The highest BCUT2D eigenvalue weighted by atomic mass is 16.5. The van der Waals surface area contributed by atoms with Gasteiger partial charge in [-0.25, -0.2) is 9.67 Å². The topological polar surface area (TPSA) is 105 Å². The summed E-state index contributed by atoms with van der Waals surface area (Å²) in [4.78, 5) is 6.69. The van der Waals surface area contributed by atoms with Crippen molar-refractivity contribution in [1.29, 1.82) is 5.41 Å². The van der Waals surface area contributed by atoms with Crippen LogP contribution in [0.3, 0.4) is 0 Å². The molecule has 3 aliphatic rings. The Morgan fingerprint density at radius 2 is 2.17 bits per heavy atom. The molecule has 4 rings (SSSR count). The fraction of sp³-hybridized carbons (Fsp3) is 0.667. The van der Waals surface area contributed by atoms with Crippen molar-refractivity contribution < 1.29 is 4.74 Å². The lowest BCUT2D eigenvalue weighted by molar-refractivity contribution is 0.110. The van der Waals surface area contributed by atoms with Crippen molar-refractivity contribution in [2.75, 3.05) is 6.54 Å². The predicted octanol–water partition coefficient (Wildman–Crippen LogP) is 2.59. The van der Waals surface area contributed by atoms with Crippen LogP contribution in [0.2, 0.25) is 0 Å². The molecule has 8 nitrogen and oxygen atoms in total. The first-order valence-corrected chi connectivity index (χ1v) is 10.7. The van der Waals surface area contributed by atoms with Crippen LogP contribution in [0.1, 0.15) is 70.4 Å². The molecule has 2 fully saturated rings. The molecule has 2 saturated carbocycles. The van der Waals surface area contributed by atoms with Gasteiger partial charge in [0.15, 0.2) is 5.82 Å². The standard InChI is InChI=1S/C21H33N7O/c1-14(24-12-15(2)29-21(3)6-7-21)10-17(22)11-18(23)27-8-9-28-19(13-27)25-20(26-28)16-4-5-16/h11-12,14,16,23-24H,4-10,13,22H2,1-3H3/b15-12+,17-11-,23-18?. The quantitative estimate of drug-likeness (QED) is 0.353. The van der Waals surface area contributed by atoms with Crippen molar-refractivity contribution in [2.45, 2.75) is 83.5 Å². The SMILES string of the molecule is C/C(=C\NC(C)C/C(N)=C/C(=N)N1CCn2nc(C3CC3)nc2C1)OC1(C)CC1. The van der Waals surface area contributed by atoms with E-state index >= 15 is 0 Å². The Labute approximate surface area is 172 Å². The summed E-state index contributed by atoms with van der Waals surface area (Å²) in [5, 5.41) is 16.4. The molecule has 8 heteroatoms. The van der Waals surface area contributed by atoms with E-state index < -0.39 is 0 Å². The molecule has 1 atom stereocenters. The van der Waals surface area contributed by atoms with Gasteiger partial charge < -0.3 is 20.7 Å². The van der Waals surface area contributed by atoms with Gasteiger partial charge in [-0.05, 0) is 52.5 Å². The van der Waals surface area contributed by atoms with Gasteiger partial charge in [0.05, 0.1) is 13.1 Å². The Bertz CT molecular complexity index is 832.